The molecule has 0 unspecified atom stereocenters. The Morgan fingerprint density at radius 2 is 0.930 bits per heavy atom. The van der Waals surface area contributed by atoms with Crippen LogP contribution < -0.4 is 0 Å². The highest BCUT2D eigenvalue weighted by Gasteiger charge is 2.19. The highest BCUT2D eigenvalue weighted by Crippen LogP contribution is 2.49. The number of thiophene rings is 1. The van der Waals surface area contributed by atoms with E-state index in [2.05, 4.69) is 119 Å². The second kappa shape index (κ2) is 9.59. The summed E-state index contributed by atoms with van der Waals surface area (Å²) in [5.74, 6) is 0. The molecule has 2 nitrogen and oxygen atoms in total. The Morgan fingerprint density at radius 3 is 1.56 bits per heavy atom. The molecule has 0 amide bonds. The number of benzene rings is 6. The van der Waals surface area contributed by atoms with E-state index in [1.165, 1.54) is 63.6 Å². The predicted octanol–water partition coefficient (Wildman–Crippen LogP) is 11.3. The van der Waals surface area contributed by atoms with E-state index in [1.54, 1.807) is 0 Å². The van der Waals surface area contributed by atoms with Crippen molar-refractivity contribution in [1.82, 2.24) is 9.97 Å². The van der Waals surface area contributed by atoms with Gasteiger partial charge in [0.25, 0.3) is 0 Å². The van der Waals surface area contributed by atoms with E-state index < -0.39 is 0 Å². The Hall–Kier alpha value is -5.38. The number of hydrogen-bond donors (Lipinski definition) is 0. The second-order valence-corrected chi connectivity index (χ2v) is 12.1. The first-order valence-corrected chi connectivity index (χ1v) is 15.3. The molecule has 9 aromatic rings. The number of aromatic nitrogens is 2. The lowest BCUT2D eigenvalue weighted by atomic mass is 9.88. The van der Waals surface area contributed by atoms with Gasteiger partial charge in [0.1, 0.15) is 0 Å². The van der Waals surface area contributed by atoms with Crippen LogP contribution in [0.4, 0.5) is 0 Å². The molecule has 3 heterocycles. The Balaban J connectivity index is 1.48. The largest absolute Gasteiger partial charge is 0.264 e. The van der Waals surface area contributed by atoms with Crippen molar-refractivity contribution < 1.29 is 0 Å². The number of nitrogens with zero attached hydrogens (tertiary/aromatic N) is 2. The first kappa shape index (κ1) is 24.2. The Kier molecular flexibility index (Phi) is 5.40. The van der Waals surface area contributed by atoms with Gasteiger partial charge in [0.05, 0.1) is 0 Å². The van der Waals surface area contributed by atoms with Crippen molar-refractivity contribution in [3.8, 4) is 33.4 Å². The minimum atomic E-state index is 1.10. The molecule has 0 atom stereocenters. The SMILES string of the molecule is c1cncc(-c2cc(-c3cccnc3)cc(-c3cc4c5ccccc5c5ccccc5c4c4sc5ccccc5c34)c2)c1. The van der Waals surface area contributed by atoms with Gasteiger partial charge in [-0.3, -0.25) is 9.97 Å². The first-order chi connectivity index (χ1) is 21.3. The summed E-state index contributed by atoms with van der Waals surface area (Å²) in [5, 5.41) is 10.4. The molecule has 0 saturated carbocycles. The molecule has 0 fully saturated rings. The summed E-state index contributed by atoms with van der Waals surface area (Å²) in [4.78, 5) is 8.88. The summed E-state index contributed by atoms with van der Waals surface area (Å²) in [6, 6.07) is 44.2. The molecule has 0 aliphatic rings. The molecule has 0 bridgehead atoms. The van der Waals surface area contributed by atoms with Crippen molar-refractivity contribution in [3.05, 3.63) is 146 Å². The van der Waals surface area contributed by atoms with Crippen LogP contribution in [-0.2, 0) is 0 Å². The molecule has 3 heteroatoms. The third kappa shape index (κ3) is 3.79. The van der Waals surface area contributed by atoms with E-state index in [1.807, 2.05) is 48.3 Å². The van der Waals surface area contributed by atoms with Gasteiger partial charge in [0.2, 0.25) is 0 Å². The second-order valence-electron chi connectivity index (χ2n) is 11.0. The summed E-state index contributed by atoms with van der Waals surface area (Å²) in [6.07, 6.45) is 7.55. The van der Waals surface area contributed by atoms with E-state index in [4.69, 9.17) is 0 Å². The van der Waals surface area contributed by atoms with Crippen molar-refractivity contribution >= 4 is 63.8 Å². The maximum absolute atomic E-state index is 4.44. The molecule has 0 radical (unpaired) electrons. The van der Waals surface area contributed by atoms with Gasteiger partial charge >= 0.3 is 0 Å². The zero-order valence-corrected chi connectivity index (χ0v) is 24.0. The smallest absolute Gasteiger partial charge is 0.0446 e. The van der Waals surface area contributed by atoms with Gasteiger partial charge in [-0.2, -0.15) is 0 Å². The van der Waals surface area contributed by atoms with Crippen molar-refractivity contribution in [2.45, 2.75) is 0 Å². The molecule has 0 aliphatic carbocycles. The van der Waals surface area contributed by atoms with E-state index in [0.717, 1.165) is 22.3 Å². The molecular formula is C40H24N2S. The van der Waals surface area contributed by atoms with E-state index in [-0.39, 0.29) is 0 Å². The average Bonchev–Trinajstić information content (AvgIpc) is 3.48. The van der Waals surface area contributed by atoms with Gasteiger partial charge in [-0.25, -0.2) is 0 Å². The predicted molar refractivity (Wildman–Crippen MR) is 184 cm³/mol. The first-order valence-electron chi connectivity index (χ1n) is 14.5. The van der Waals surface area contributed by atoms with Crippen LogP contribution in [0, 0.1) is 0 Å². The molecule has 0 saturated heterocycles. The fourth-order valence-corrected chi connectivity index (χ4v) is 7.97. The normalized spacial score (nSPS) is 11.7. The fraction of sp³-hybridized carbons (Fsp3) is 0. The maximum Gasteiger partial charge on any atom is 0.0446 e. The minimum absolute atomic E-state index is 1.10. The van der Waals surface area contributed by atoms with Gasteiger partial charge in [0, 0.05) is 61.5 Å². The van der Waals surface area contributed by atoms with E-state index in [9.17, 15) is 0 Å². The maximum atomic E-state index is 4.44. The molecule has 200 valence electrons. The zero-order valence-electron chi connectivity index (χ0n) is 23.2. The fourth-order valence-electron chi connectivity index (χ4n) is 6.68. The quantitative estimate of drug-likeness (QED) is 0.199. The molecular weight excluding hydrogens is 541 g/mol. The molecule has 9 rings (SSSR count). The number of fused-ring (bicyclic) bond motifs is 10. The molecule has 43 heavy (non-hydrogen) atoms. The van der Waals surface area contributed by atoms with Crippen LogP contribution in [0.5, 0.6) is 0 Å². The van der Waals surface area contributed by atoms with Gasteiger partial charge in [-0.15, -0.1) is 11.3 Å². The van der Waals surface area contributed by atoms with Gasteiger partial charge < -0.3 is 0 Å². The monoisotopic (exact) mass is 564 g/mol. The Labute approximate surface area is 252 Å². The summed E-state index contributed by atoms with van der Waals surface area (Å²) in [5.41, 5.74) is 6.90. The molecule has 3 aromatic heterocycles. The van der Waals surface area contributed by atoms with Crippen LogP contribution in [0.3, 0.4) is 0 Å². The standard InChI is InChI=1S/C40H24N2S/c1-2-13-32-30(11-1)31-12-3-4-14-33(31)38-36(32)22-35(39-34-15-5-6-16-37(34)43-40(38)39)29-20-27(25-9-7-17-41-23-25)19-28(21-29)26-10-8-18-42-24-26/h1-24H. The summed E-state index contributed by atoms with van der Waals surface area (Å²) < 4.78 is 2.64. The third-order valence-corrected chi connectivity index (χ3v) is 9.78. The highest BCUT2D eigenvalue weighted by molar-refractivity contribution is 7.27. The van der Waals surface area contributed by atoms with Gasteiger partial charge in [-0.1, -0.05) is 78.9 Å². The summed E-state index contributed by atoms with van der Waals surface area (Å²) in [7, 11) is 0. The van der Waals surface area contributed by atoms with Crippen LogP contribution >= 0.6 is 11.3 Å². The Morgan fingerprint density at radius 1 is 0.395 bits per heavy atom. The van der Waals surface area contributed by atoms with Gasteiger partial charge in [-0.05, 0) is 91.6 Å². The van der Waals surface area contributed by atoms with Crippen LogP contribution in [0.1, 0.15) is 0 Å². The van der Waals surface area contributed by atoms with Crippen LogP contribution in [-0.4, -0.2) is 9.97 Å². The Bertz CT molecular complexity index is 2440. The number of rotatable bonds is 3. The third-order valence-electron chi connectivity index (χ3n) is 8.59. The van der Waals surface area contributed by atoms with Crippen LogP contribution in [0.25, 0.3) is 85.9 Å². The number of hydrogen-bond acceptors (Lipinski definition) is 3. The lowest BCUT2D eigenvalue weighted by Crippen LogP contribution is -1.90. The topological polar surface area (TPSA) is 25.8 Å². The lowest BCUT2D eigenvalue weighted by Gasteiger charge is -2.16. The minimum Gasteiger partial charge on any atom is -0.264 e. The van der Waals surface area contributed by atoms with Crippen molar-refractivity contribution in [3.63, 3.8) is 0 Å². The average molecular weight is 565 g/mol. The van der Waals surface area contributed by atoms with Gasteiger partial charge in [0.15, 0.2) is 0 Å². The van der Waals surface area contributed by atoms with Crippen molar-refractivity contribution in [1.29, 1.82) is 0 Å². The molecule has 6 aromatic carbocycles. The summed E-state index contributed by atoms with van der Waals surface area (Å²) in [6.45, 7) is 0. The number of pyridine rings is 2. The highest BCUT2D eigenvalue weighted by atomic mass is 32.1. The lowest BCUT2D eigenvalue weighted by molar-refractivity contribution is 1.32. The van der Waals surface area contributed by atoms with Crippen LogP contribution in [0.2, 0.25) is 0 Å². The van der Waals surface area contributed by atoms with Crippen LogP contribution in [0.15, 0.2) is 146 Å². The van der Waals surface area contributed by atoms with Crippen molar-refractivity contribution in [2.75, 3.05) is 0 Å². The molecule has 0 N–H and O–H groups in total. The summed E-state index contributed by atoms with van der Waals surface area (Å²) >= 11 is 1.90. The molecule has 0 aliphatic heterocycles. The van der Waals surface area contributed by atoms with Crippen molar-refractivity contribution in [2.24, 2.45) is 0 Å². The molecule has 0 spiro atoms. The van der Waals surface area contributed by atoms with E-state index in [0.29, 0.717) is 0 Å². The zero-order chi connectivity index (χ0) is 28.3. The van der Waals surface area contributed by atoms with E-state index >= 15 is 0 Å².